The monoisotopic (exact) mass is 263 g/mol. The van der Waals surface area contributed by atoms with Crippen LogP contribution in [0.3, 0.4) is 0 Å². The van der Waals surface area contributed by atoms with Crippen LogP contribution in [0.1, 0.15) is 24.5 Å². The van der Waals surface area contributed by atoms with E-state index >= 15 is 0 Å². The highest BCUT2D eigenvalue weighted by atomic mass is 35.5. The Morgan fingerprint density at radius 2 is 2.28 bits per heavy atom. The second-order valence-electron chi connectivity index (χ2n) is 4.70. The van der Waals surface area contributed by atoms with Crippen LogP contribution in [0, 0.1) is 11.3 Å². The van der Waals surface area contributed by atoms with Crippen molar-refractivity contribution < 1.29 is 0 Å². The molecule has 2 rings (SSSR count). The molecule has 96 valence electrons. The van der Waals surface area contributed by atoms with E-state index in [1.807, 2.05) is 12.1 Å². The summed E-state index contributed by atoms with van der Waals surface area (Å²) in [6.45, 7) is 6.27. The second kappa shape index (κ2) is 6.19. The summed E-state index contributed by atoms with van der Waals surface area (Å²) in [5.74, 6) is 0. The number of nitriles is 1. The zero-order valence-electron chi connectivity index (χ0n) is 10.6. The Bertz CT molecular complexity index is 449. The van der Waals surface area contributed by atoms with Gasteiger partial charge in [-0.15, -0.1) is 0 Å². The van der Waals surface area contributed by atoms with Crippen molar-refractivity contribution in [2.75, 3.05) is 19.6 Å². The van der Waals surface area contributed by atoms with Gasteiger partial charge in [0.05, 0.1) is 11.6 Å². The highest BCUT2D eigenvalue weighted by Crippen LogP contribution is 2.21. The number of hydrogen-bond donors (Lipinski definition) is 1. The molecule has 4 heteroatoms. The van der Waals surface area contributed by atoms with Gasteiger partial charge in [0, 0.05) is 30.7 Å². The molecule has 0 atom stereocenters. The van der Waals surface area contributed by atoms with Gasteiger partial charge in [0.2, 0.25) is 0 Å². The lowest BCUT2D eigenvalue weighted by molar-refractivity contribution is 0.138. The van der Waals surface area contributed by atoms with E-state index in [2.05, 4.69) is 23.2 Å². The quantitative estimate of drug-likeness (QED) is 0.887. The van der Waals surface area contributed by atoms with Gasteiger partial charge in [-0.25, -0.2) is 0 Å². The van der Waals surface area contributed by atoms with E-state index in [1.54, 1.807) is 6.07 Å². The molecule has 0 spiro atoms. The molecule has 18 heavy (non-hydrogen) atoms. The fourth-order valence-electron chi connectivity index (χ4n) is 2.17. The minimum atomic E-state index is 0.621. The van der Waals surface area contributed by atoms with Crippen molar-refractivity contribution in [2.24, 2.45) is 0 Å². The van der Waals surface area contributed by atoms with Crippen LogP contribution in [-0.2, 0) is 6.54 Å². The van der Waals surface area contributed by atoms with Crippen LogP contribution >= 0.6 is 11.6 Å². The number of halogens is 1. The zero-order chi connectivity index (χ0) is 13.0. The van der Waals surface area contributed by atoms with Gasteiger partial charge in [-0.2, -0.15) is 5.26 Å². The fraction of sp³-hybridized carbons (Fsp3) is 0.500. The normalized spacial score (nSPS) is 15.4. The molecule has 1 saturated heterocycles. The highest BCUT2D eigenvalue weighted by Gasteiger charge is 2.24. The minimum Gasteiger partial charge on any atom is -0.314 e. The maximum Gasteiger partial charge on any atom is 0.0992 e. The maximum absolute atomic E-state index is 8.83. The molecule has 1 aliphatic rings. The predicted molar refractivity (Wildman–Crippen MR) is 73.5 cm³/mol. The summed E-state index contributed by atoms with van der Waals surface area (Å²) in [4.78, 5) is 2.46. The lowest BCUT2D eigenvalue weighted by Crippen LogP contribution is -2.56. The van der Waals surface area contributed by atoms with Crippen LogP contribution in [0.15, 0.2) is 18.2 Å². The molecular formula is C14H18ClN3. The Kier molecular flexibility index (Phi) is 4.60. The molecule has 1 aromatic carbocycles. The summed E-state index contributed by atoms with van der Waals surface area (Å²) in [7, 11) is 0. The topological polar surface area (TPSA) is 39.1 Å². The molecule has 1 aliphatic heterocycles. The van der Waals surface area contributed by atoms with Gasteiger partial charge >= 0.3 is 0 Å². The maximum atomic E-state index is 8.83. The van der Waals surface area contributed by atoms with Crippen LogP contribution in [0.25, 0.3) is 0 Å². The van der Waals surface area contributed by atoms with Gasteiger partial charge < -0.3 is 5.32 Å². The molecule has 1 heterocycles. The first-order valence-corrected chi connectivity index (χ1v) is 6.75. The first kappa shape index (κ1) is 13.4. The van der Waals surface area contributed by atoms with Gasteiger partial charge in [-0.05, 0) is 30.7 Å². The highest BCUT2D eigenvalue weighted by molar-refractivity contribution is 6.31. The van der Waals surface area contributed by atoms with Crippen LogP contribution in [0.2, 0.25) is 5.02 Å². The third-order valence-corrected chi connectivity index (χ3v) is 3.69. The van der Waals surface area contributed by atoms with Crippen LogP contribution in [0.4, 0.5) is 0 Å². The van der Waals surface area contributed by atoms with Crippen molar-refractivity contribution in [1.29, 1.82) is 5.26 Å². The van der Waals surface area contributed by atoms with Crippen molar-refractivity contribution >= 4 is 11.6 Å². The Morgan fingerprint density at radius 1 is 1.50 bits per heavy atom. The lowest BCUT2D eigenvalue weighted by atomic mass is 10.1. The summed E-state index contributed by atoms with van der Waals surface area (Å²) in [6, 6.07) is 8.29. The Labute approximate surface area is 113 Å². The summed E-state index contributed by atoms with van der Waals surface area (Å²) in [6.07, 6.45) is 1.14. The SMILES string of the molecule is CCCN(Cc1ccc(C#N)cc1Cl)C1CNC1. The summed E-state index contributed by atoms with van der Waals surface area (Å²) >= 11 is 6.22. The summed E-state index contributed by atoms with van der Waals surface area (Å²) in [5.41, 5.74) is 1.73. The minimum absolute atomic E-state index is 0.621. The molecule has 1 fully saturated rings. The molecule has 0 radical (unpaired) electrons. The van der Waals surface area contributed by atoms with Crippen molar-refractivity contribution in [1.82, 2.24) is 10.2 Å². The molecule has 0 amide bonds. The number of hydrogen-bond acceptors (Lipinski definition) is 3. The Morgan fingerprint density at radius 3 is 2.78 bits per heavy atom. The van der Waals surface area contributed by atoms with E-state index in [1.165, 1.54) is 0 Å². The molecule has 3 nitrogen and oxygen atoms in total. The lowest BCUT2D eigenvalue weighted by Gasteiger charge is -2.38. The molecule has 1 aromatic rings. The van der Waals surface area contributed by atoms with Crippen LogP contribution in [-0.4, -0.2) is 30.6 Å². The van der Waals surface area contributed by atoms with Crippen LogP contribution < -0.4 is 5.32 Å². The Hall–Kier alpha value is -1.08. The average molecular weight is 264 g/mol. The smallest absolute Gasteiger partial charge is 0.0992 e. The predicted octanol–water partition coefficient (Wildman–Crippen LogP) is 2.40. The first-order valence-electron chi connectivity index (χ1n) is 6.38. The third kappa shape index (κ3) is 3.02. The largest absolute Gasteiger partial charge is 0.314 e. The fourth-order valence-corrected chi connectivity index (χ4v) is 2.41. The van der Waals surface area contributed by atoms with Gasteiger partial charge in [-0.1, -0.05) is 24.6 Å². The van der Waals surface area contributed by atoms with Gasteiger partial charge in [0.1, 0.15) is 0 Å². The standard InChI is InChI=1S/C14H18ClN3/c1-2-5-18(13-8-17-9-13)10-12-4-3-11(7-16)6-14(12)15/h3-4,6,13,17H,2,5,8-10H2,1H3. The molecule has 0 aromatic heterocycles. The van der Waals surface area contributed by atoms with E-state index in [-0.39, 0.29) is 0 Å². The second-order valence-corrected chi connectivity index (χ2v) is 5.11. The van der Waals surface area contributed by atoms with Gasteiger partial charge in [-0.3, -0.25) is 4.90 Å². The summed E-state index contributed by atoms with van der Waals surface area (Å²) < 4.78 is 0. The Balaban J connectivity index is 2.08. The molecule has 1 N–H and O–H groups in total. The summed E-state index contributed by atoms with van der Waals surface area (Å²) in [5, 5.41) is 12.8. The van der Waals surface area contributed by atoms with Crippen LogP contribution in [0.5, 0.6) is 0 Å². The van der Waals surface area contributed by atoms with Crippen molar-refractivity contribution in [3.8, 4) is 6.07 Å². The number of nitrogens with one attached hydrogen (secondary N) is 1. The van der Waals surface area contributed by atoms with E-state index in [4.69, 9.17) is 16.9 Å². The van der Waals surface area contributed by atoms with E-state index in [0.717, 1.165) is 38.2 Å². The molecule has 0 unspecified atom stereocenters. The van der Waals surface area contributed by atoms with Gasteiger partial charge in [0.15, 0.2) is 0 Å². The number of benzene rings is 1. The van der Waals surface area contributed by atoms with E-state index in [0.29, 0.717) is 16.6 Å². The number of rotatable bonds is 5. The third-order valence-electron chi connectivity index (χ3n) is 3.34. The van der Waals surface area contributed by atoms with E-state index < -0.39 is 0 Å². The van der Waals surface area contributed by atoms with E-state index in [9.17, 15) is 0 Å². The average Bonchev–Trinajstić information content (AvgIpc) is 2.29. The van der Waals surface area contributed by atoms with Crippen molar-refractivity contribution in [2.45, 2.75) is 25.9 Å². The first-order chi connectivity index (χ1) is 8.74. The van der Waals surface area contributed by atoms with Gasteiger partial charge in [0.25, 0.3) is 0 Å². The molecule has 0 saturated carbocycles. The number of nitrogens with zero attached hydrogens (tertiary/aromatic N) is 2. The molecular weight excluding hydrogens is 246 g/mol. The van der Waals surface area contributed by atoms with Crippen molar-refractivity contribution in [3.63, 3.8) is 0 Å². The molecule has 0 bridgehead atoms. The zero-order valence-corrected chi connectivity index (χ0v) is 11.4. The molecule has 0 aliphatic carbocycles. The van der Waals surface area contributed by atoms with Crippen molar-refractivity contribution in [3.05, 3.63) is 34.3 Å².